The Morgan fingerprint density at radius 2 is 1.58 bits per heavy atom. The third-order valence-electron chi connectivity index (χ3n) is 3.69. The third-order valence-corrected chi connectivity index (χ3v) is 3.69. The SMILES string of the molecule is CCC(CC)NC(=O)C(C)NC(C)CN(CC)CC. The van der Waals surface area contributed by atoms with Crippen LogP contribution in [0.15, 0.2) is 0 Å². The molecule has 2 unspecified atom stereocenters. The smallest absolute Gasteiger partial charge is 0.237 e. The van der Waals surface area contributed by atoms with Crippen molar-refractivity contribution in [2.24, 2.45) is 0 Å². The van der Waals surface area contributed by atoms with Crippen molar-refractivity contribution in [1.82, 2.24) is 15.5 Å². The Kier molecular flexibility index (Phi) is 9.88. The van der Waals surface area contributed by atoms with Crippen LogP contribution < -0.4 is 10.6 Å². The summed E-state index contributed by atoms with van der Waals surface area (Å²) < 4.78 is 0. The number of hydrogen-bond acceptors (Lipinski definition) is 3. The number of nitrogens with zero attached hydrogens (tertiary/aromatic N) is 1. The minimum absolute atomic E-state index is 0.111. The molecule has 0 aliphatic carbocycles. The van der Waals surface area contributed by atoms with E-state index >= 15 is 0 Å². The summed E-state index contributed by atoms with van der Waals surface area (Å²) in [7, 11) is 0. The average Bonchev–Trinajstić information content (AvgIpc) is 2.41. The van der Waals surface area contributed by atoms with Crippen LogP contribution in [0.5, 0.6) is 0 Å². The van der Waals surface area contributed by atoms with Crippen LogP contribution in [-0.4, -0.2) is 48.6 Å². The lowest BCUT2D eigenvalue weighted by molar-refractivity contribution is -0.123. The topological polar surface area (TPSA) is 44.4 Å². The van der Waals surface area contributed by atoms with Crippen LogP contribution in [0.1, 0.15) is 54.4 Å². The molecular formula is C15H33N3O. The van der Waals surface area contributed by atoms with Crippen LogP contribution in [0.25, 0.3) is 0 Å². The van der Waals surface area contributed by atoms with Gasteiger partial charge in [-0.15, -0.1) is 0 Å². The summed E-state index contributed by atoms with van der Waals surface area (Å²) in [6.07, 6.45) is 1.98. The molecule has 0 fully saturated rings. The maximum Gasteiger partial charge on any atom is 0.237 e. The monoisotopic (exact) mass is 271 g/mol. The van der Waals surface area contributed by atoms with Gasteiger partial charge in [0.25, 0.3) is 0 Å². The van der Waals surface area contributed by atoms with E-state index in [-0.39, 0.29) is 11.9 Å². The Morgan fingerprint density at radius 1 is 1.05 bits per heavy atom. The normalized spacial score (nSPS) is 14.7. The van der Waals surface area contributed by atoms with Gasteiger partial charge in [0, 0.05) is 18.6 Å². The van der Waals surface area contributed by atoms with Gasteiger partial charge in [-0.25, -0.2) is 0 Å². The van der Waals surface area contributed by atoms with Crippen LogP contribution >= 0.6 is 0 Å². The van der Waals surface area contributed by atoms with E-state index in [1.54, 1.807) is 0 Å². The number of likely N-dealkylation sites (N-methyl/N-ethyl adjacent to an activating group) is 1. The maximum absolute atomic E-state index is 12.0. The van der Waals surface area contributed by atoms with Gasteiger partial charge in [0.2, 0.25) is 5.91 Å². The fourth-order valence-corrected chi connectivity index (χ4v) is 2.24. The Balaban J connectivity index is 4.13. The highest BCUT2D eigenvalue weighted by Gasteiger charge is 2.18. The molecule has 0 spiro atoms. The maximum atomic E-state index is 12.0. The molecule has 2 N–H and O–H groups in total. The van der Waals surface area contributed by atoms with Gasteiger partial charge in [-0.3, -0.25) is 4.79 Å². The van der Waals surface area contributed by atoms with Crippen LogP contribution in [0, 0.1) is 0 Å². The fourth-order valence-electron chi connectivity index (χ4n) is 2.24. The summed E-state index contributed by atoms with van der Waals surface area (Å²) in [6.45, 7) is 15.7. The van der Waals surface area contributed by atoms with Crippen LogP contribution in [0.2, 0.25) is 0 Å². The molecular weight excluding hydrogens is 238 g/mol. The highest BCUT2D eigenvalue weighted by Crippen LogP contribution is 1.98. The van der Waals surface area contributed by atoms with Gasteiger partial charge in [-0.1, -0.05) is 27.7 Å². The van der Waals surface area contributed by atoms with Crippen molar-refractivity contribution in [2.45, 2.75) is 72.5 Å². The summed E-state index contributed by atoms with van der Waals surface area (Å²) in [5, 5.41) is 6.47. The highest BCUT2D eigenvalue weighted by atomic mass is 16.2. The van der Waals surface area contributed by atoms with E-state index in [9.17, 15) is 4.79 Å². The molecule has 0 aromatic rings. The van der Waals surface area contributed by atoms with Crippen LogP contribution in [0.3, 0.4) is 0 Å². The van der Waals surface area contributed by atoms with Gasteiger partial charge < -0.3 is 15.5 Å². The fraction of sp³-hybridized carbons (Fsp3) is 0.933. The molecule has 0 radical (unpaired) electrons. The summed E-state index contributed by atoms with van der Waals surface area (Å²) in [4.78, 5) is 14.4. The zero-order valence-electron chi connectivity index (χ0n) is 13.6. The van der Waals surface area contributed by atoms with Gasteiger partial charge >= 0.3 is 0 Å². The lowest BCUT2D eigenvalue weighted by Gasteiger charge is -2.26. The highest BCUT2D eigenvalue weighted by molar-refractivity contribution is 5.81. The molecule has 0 aliphatic heterocycles. The number of rotatable bonds is 10. The predicted octanol–water partition coefficient (Wildman–Crippen LogP) is 2.00. The quantitative estimate of drug-likeness (QED) is 0.639. The van der Waals surface area contributed by atoms with E-state index < -0.39 is 0 Å². The van der Waals surface area contributed by atoms with Gasteiger partial charge in [-0.2, -0.15) is 0 Å². The van der Waals surface area contributed by atoms with Crippen molar-refractivity contribution in [2.75, 3.05) is 19.6 Å². The molecule has 0 bridgehead atoms. The van der Waals surface area contributed by atoms with Crippen molar-refractivity contribution >= 4 is 5.91 Å². The zero-order valence-corrected chi connectivity index (χ0v) is 13.6. The molecule has 0 aromatic heterocycles. The Hall–Kier alpha value is -0.610. The second-order valence-corrected chi connectivity index (χ2v) is 5.30. The van der Waals surface area contributed by atoms with E-state index in [4.69, 9.17) is 0 Å². The standard InChI is InChI=1S/C15H33N3O/c1-7-14(8-2)17-15(19)13(6)16-12(5)11-18(9-3)10-4/h12-14,16H,7-11H2,1-6H3,(H,17,19). The summed E-state index contributed by atoms with van der Waals surface area (Å²) in [6, 6.07) is 0.489. The van der Waals surface area contributed by atoms with Crippen molar-refractivity contribution in [1.29, 1.82) is 0 Å². The van der Waals surface area contributed by atoms with Gasteiger partial charge in [-0.05, 0) is 39.8 Å². The first-order valence-corrected chi connectivity index (χ1v) is 7.77. The van der Waals surface area contributed by atoms with Crippen LogP contribution in [0.4, 0.5) is 0 Å². The predicted molar refractivity (Wildman–Crippen MR) is 82.4 cm³/mol. The average molecular weight is 271 g/mol. The third kappa shape index (κ3) is 7.53. The molecule has 0 saturated carbocycles. The number of hydrogen-bond donors (Lipinski definition) is 2. The first-order chi connectivity index (χ1) is 8.98. The minimum Gasteiger partial charge on any atom is -0.352 e. The van der Waals surface area contributed by atoms with Crippen molar-refractivity contribution in [3.8, 4) is 0 Å². The summed E-state index contributed by atoms with van der Waals surface area (Å²) >= 11 is 0. The van der Waals surface area contributed by atoms with Gasteiger partial charge in [0.15, 0.2) is 0 Å². The van der Waals surface area contributed by atoms with Crippen molar-refractivity contribution in [3.05, 3.63) is 0 Å². The summed E-state index contributed by atoms with van der Waals surface area (Å²) in [5.41, 5.74) is 0. The second-order valence-electron chi connectivity index (χ2n) is 5.30. The molecule has 0 aromatic carbocycles. The number of nitrogens with one attached hydrogen (secondary N) is 2. The molecule has 4 heteroatoms. The van der Waals surface area contributed by atoms with E-state index in [2.05, 4.69) is 50.2 Å². The lowest BCUT2D eigenvalue weighted by Crippen LogP contribution is -2.51. The number of amides is 1. The molecule has 19 heavy (non-hydrogen) atoms. The van der Waals surface area contributed by atoms with Crippen molar-refractivity contribution < 1.29 is 4.79 Å². The molecule has 114 valence electrons. The Bertz CT molecular complexity index is 238. The molecule has 0 rings (SSSR count). The van der Waals surface area contributed by atoms with E-state index in [1.807, 2.05) is 6.92 Å². The number of carbonyl (C=O) groups excluding carboxylic acids is 1. The lowest BCUT2D eigenvalue weighted by atomic mass is 10.1. The molecule has 0 aliphatic rings. The molecule has 0 heterocycles. The Labute approximate surface area is 119 Å². The minimum atomic E-state index is -0.133. The first-order valence-electron chi connectivity index (χ1n) is 7.77. The molecule has 0 saturated heterocycles. The molecule has 1 amide bonds. The van der Waals surface area contributed by atoms with E-state index in [0.717, 1.165) is 32.5 Å². The molecule has 4 nitrogen and oxygen atoms in total. The zero-order chi connectivity index (χ0) is 14.8. The summed E-state index contributed by atoms with van der Waals surface area (Å²) in [5.74, 6) is 0.111. The number of carbonyl (C=O) groups is 1. The second kappa shape index (κ2) is 10.2. The van der Waals surface area contributed by atoms with E-state index in [1.165, 1.54) is 0 Å². The Morgan fingerprint density at radius 3 is 2.00 bits per heavy atom. The first kappa shape index (κ1) is 18.4. The van der Waals surface area contributed by atoms with Gasteiger partial charge in [0.1, 0.15) is 0 Å². The van der Waals surface area contributed by atoms with Crippen LogP contribution in [-0.2, 0) is 4.79 Å². The molecule has 2 atom stereocenters. The van der Waals surface area contributed by atoms with E-state index in [0.29, 0.717) is 12.1 Å². The largest absolute Gasteiger partial charge is 0.352 e. The van der Waals surface area contributed by atoms with Gasteiger partial charge in [0.05, 0.1) is 6.04 Å². The van der Waals surface area contributed by atoms with Crippen molar-refractivity contribution in [3.63, 3.8) is 0 Å².